The van der Waals surface area contributed by atoms with E-state index >= 15 is 0 Å². The number of alkyl halides is 1. The van der Waals surface area contributed by atoms with Crippen LogP contribution >= 0.6 is 23.2 Å². The highest BCUT2D eigenvalue weighted by Gasteiger charge is 2.35. The molecule has 1 aromatic rings. The molecule has 2 N–H and O–H groups in total. The number of hydrogen-bond donors (Lipinski definition) is 2. The van der Waals surface area contributed by atoms with E-state index < -0.39 is 42.4 Å². The van der Waals surface area contributed by atoms with Crippen molar-refractivity contribution in [1.82, 2.24) is 15.5 Å². The second-order valence-corrected chi connectivity index (χ2v) is 8.14. The number of halogens is 3. The standard InChI is InChI=1S/C21H26Cl2FN3O5/c1-2-25-19(29)10-16(18(28)11-24)26-20(30)17-5-3-4-8-27(17)21(31)32-12-13-6-7-14(22)15(23)9-13/h6-7,9,16-17H,2-5,8,10-12H2,1H3,(H,25,29)(H,26,30)/t16?,17-/m0/s1. The van der Waals surface area contributed by atoms with Crippen molar-refractivity contribution in [2.75, 3.05) is 19.8 Å². The maximum Gasteiger partial charge on any atom is 0.410 e. The first-order valence-corrected chi connectivity index (χ1v) is 11.1. The molecule has 0 bridgehead atoms. The first kappa shape index (κ1) is 25.9. The van der Waals surface area contributed by atoms with Crippen molar-refractivity contribution in [1.29, 1.82) is 0 Å². The summed E-state index contributed by atoms with van der Waals surface area (Å²) in [6.07, 6.45) is 0.639. The fraction of sp³-hybridized carbons (Fsp3) is 0.524. The third-order valence-corrected chi connectivity index (χ3v) is 5.73. The van der Waals surface area contributed by atoms with Gasteiger partial charge in [-0.1, -0.05) is 29.3 Å². The third-order valence-electron chi connectivity index (χ3n) is 4.99. The smallest absolute Gasteiger partial charge is 0.410 e. The Hall–Kier alpha value is -2.39. The fourth-order valence-corrected chi connectivity index (χ4v) is 3.66. The molecule has 2 atom stereocenters. The average molecular weight is 490 g/mol. The number of hydrogen-bond acceptors (Lipinski definition) is 5. The highest BCUT2D eigenvalue weighted by atomic mass is 35.5. The van der Waals surface area contributed by atoms with E-state index in [0.29, 0.717) is 41.4 Å². The second-order valence-electron chi connectivity index (χ2n) is 7.33. The van der Waals surface area contributed by atoms with Crippen LogP contribution in [0.5, 0.6) is 0 Å². The molecule has 0 radical (unpaired) electrons. The molecule has 176 valence electrons. The number of Topliss-reactive ketones (excluding diaryl/α,β-unsaturated/α-hetero) is 1. The van der Waals surface area contributed by atoms with Gasteiger partial charge in [0.25, 0.3) is 0 Å². The summed E-state index contributed by atoms with van der Waals surface area (Å²) in [6, 6.07) is 2.62. The average Bonchev–Trinajstić information content (AvgIpc) is 2.78. The first-order chi connectivity index (χ1) is 15.3. The van der Waals surface area contributed by atoms with Gasteiger partial charge in [0.15, 0.2) is 5.78 Å². The molecule has 1 aromatic carbocycles. The van der Waals surface area contributed by atoms with Gasteiger partial charge in [0.2, 0.25) is 11.8 Å². The van der Waals surface area contributed by atoms with Crippen molar-refractivity contribution < 1.29 is 28.3 Å². The molecule has 0 saturated carbocycles. The van der Waals surface area contributed by atoms with Crippen LogP contribution in [0.15, 0.2) is 18.2 Å². The minimum absolute atomic E-state index is 0.0687. The predicted molar refractivity (Wildman–Crippen MR) is 117 cm³/mol. The zero-order chi connectivity index (χ0) is 23.7. The van der Waals surface area contributed by atoms with Crippen molar-refractivity contribution in [3.8, 4) is 0 Å². The highest BCUT2D eigenvalue weighted by molar-refractivity contribution is 6.42. The largest absolute Gasteiger partial charge is 0.445 e. The van der Waals surface area contributed by atoms with Crippen LogP contribution in [0.4, 0.5) is 9.18 Å². The van der Waals surface area contributed by atoms with Gasteiger partial charge in [-0.3, -0.25) is 19.3 Å². The summed E-state index contributed by atoms with van der Waals surface area (Å²) in [5.74, 6) is -2.03. The van der Waals surface area contributed by atoms with Crippen molar-refractivity contribution in [3.63, 3.8) is 0 Å². The molecule has 1 unspecified atom stereocenters. The minimum Gasteiger partial charge on any atom is -0.445 e. The van der Waals surface area contributed by atoms with E-state index in [-0.39, 0.29) is 19.6 Å². The summed E-state index contributed by atoms with van der Waals surface area (Å²) in [6.45, 7) is 0.942. The van der Waals surface area contributed by atoms with E-state index in [4.69, 9.17) is 27.9 Å². The number of rotatable bonds is 9. The van der Waals surface area contributed by atoms with Crippen LogP contribution in [0, 0.1) is 0 Å². The van der Waals surface area contributed by atoms with Gasteiger partial charge in [-0.2, -0.15) is 0 Å². The number of nitrogens with one attached hydrogen (secondary N) is 2. The van der Waals surface area contributed by atoms with E-state index in [0.717, 1.165) is 0 Å². The maximum atomic E-state index is 13.0. The van der Waals surface area contributed by atoms with Gasteiger partial charge in [0.05, 0.1) is 22.5 Å². The predicted octanol–water partition coefficient (Wildman–Crippen LogP) is 3.03. The van der Waals surface area contributed by atoms with Gasteiger partial charge in [0, 0.05) is 13.1 Å². The lowest BCUT2D eigenvalue weighted by molar-refractivity contribution is -0.133. The zero-order valence-electron chi connectivity index (χ0n) is 17.7. The molecule has 0 aliphatic carbocycles. The number of nitrogens with zero attached hydrogens (tertiary/aromatic N) is 1. The Kier molecular flexibility index (Phi) is 10.2. The third kappa shape index (κ3) is 7.34. The van der Waals surface area contributed by atoms with E-state index in [2.05, 4.69) is 10.6 Å². The fourth-order valence-electron chi connectivity index (χ4n) is 3.34. The van der Waals surface area contributed by atoms with Crippen molar-refractivity contribution in [2.24, 2.45) is 0 Å². The Balaban J connectivity index is 2.03. The van der Waals surface area contributed by atoms with Crippen LogP contribution in [-0.2, 0) is 25.7 Å². The van der Waals surface area contributed by atoms with Crippen LogP contribution < -0.4 is 10.6 Å². The molecule has 1 fully saturated rings. The van der Waals surface area contributed by atoms with Crippen LogP contribution in [0.2, 0.25) is 10.0 Å². The van der Waals surface area contributed by atoms with Crippen LogP contribution in [0.1, 0.15) is 38.2 Å². The molecule has 1 aliphatic rings. The molecule has 11 heteroatoms. The number of ketones is 1. The summed E-state index contributed by atoms with van der Waals surface area (Å²) < 4.78 is 18.3. The van der Waals surface area contributed by atoms with Gasteiger partial charge >= 0.3 is 6.09 Å². The molecule has 2 rings (SSSR count). The maximum absolute atomic E-state index is 13.0. The van der Waals surface area contributed by atoms with Gasteiger partial charge in [-0.25, -0.2) is 9.18 Å². The molecular formula is C21H26Cl2FN3O5. The zero-order valence-corrected chi connectivity index (χ0v) is 19.2. The monoisotopic (exact) mass is 489 g/mol. The lowest BCUT2D eigenvalue weighted by Gasteiger charge is -2.34. The Bertz CT molecular complexity index is 855. The molecule has 32 heavy (non-hydrogen) atoms. The van der Waals surface area contributed by atoms with Crippen molar-refractivity contribution >= 4 is 46.9 Å². The summed E-state index contributed by atoms with van der Waals surface area (Å²) in [7, 11) is 0. The lowest BCUT2D eigenvalue weighted by atomic mass is 10.0. The molecule has 1 saturated heterocycles. The van der Waals surface area contributed by atoms with Gasteiger partial charge in [-0.15, -0.1) is 0 Å². The number of benzene rings is 1. The van der Waals surface area contributed by atoms with E-state index in [1.54, 1.807) is 25.1 Å². The van der Waals surface area contributed by atoms with Gasteiger partial charge in [0.1, 0.15) is 19.3 Å². The lowest BCUT2D eigenvalue weighted by Crippen LogP contribution is -2.55. The summed E-state index contributed by atoms with van der Waals surface area (Å²) in [5.41, 5.74) is 0.626. The summed E-state index contributed by atoms with van der Waals surface area (Å²) in [4.78, 5) is 50.5. The van der Waals surface area contributed by atoms with Crippen LogP contribution in [-0.4, -0.2) is 60.4 Å². The quantitative estimate of drug-likeness (QED) is 0.554. The van der Waals surface area contributed by atoms with Gasteiger partial charge in [-0.05, 0) is 43.9 Å². The SMILES string of the molecule is CCNC(=O)CC(NC(=O)[C@@H]1CCCCN1C(=O)OCc1ccc(Cl)c(Cl)c1)C(=O)CF. The number of carbonyl (C=O) groups excluding carboxylic acids is 4. The molecule has 0 aromatic heterocycles. The number of ether oxygens (including phenoxy) is 1. The minimum atomic E-state index is -1.32. The number of amides is 3. The number of carbonyl (C=O) groups is 4. The molecule has 8 nitrogen and oxygen atoms in total. The van der Waals surface area contributed by atoms with Crippen LogP contribution in [0.25, 0.3) is 0 Å². The summed E-state index contributed by atoms with van der Waals surface area (Å²) in [5, 5.41) is 5.64. The Labute approximate surface area is 195 Å². The molecule has 1 aliphatic heterocycles. The second kappa shape index (κ2) is 12.6. The molecule has 1 heterocycles. The van der Waals surface area contributed by atoms with Crippen LogP contribution in [0.3, 0.4) is 0 Å². The Morgan fingerprint density at radius 2 is 1.97 bits per heavy atom. The van der Waals surface area contributed by atoms with Gasteiger partial charge < -0.3 is 15.4 Å². The number of likely N-dealkylation sites (tertiary alicyclic amines) is 1. The highest BCUT2D eigenvalue weighted by Crippen LogP contribution is 2.24. The normalized spacial score (nSPS) is 16.8. The molecule has 0 spiro atoms. The van der Waals surface area contributed by atoms with E-state index in [1.807, 2.05) is 0 Å². The Morgan fingerprint density at radius 1 is 1.22 bits per heavy atom. The van der Waals surface area contributed by atoms with Crippen molar-refractivity contribution in [2.45, 2.75) is 51.3 Å². The van der Waals surface area contributed by atoms with Crippen molar-refractivity contribution in [3.05, 3.63) is 33.8 Å². The molecular weight excluding hydrogens is 464 g/mol. The topological polar surface area (TPSA) is 105 Å². The Morgan fingerprint density at radius 3 is 2.62 bits per heavy atom. The number of piperidine rings is 1. The van der Waals surface area contributed by atoms with E-state index in [9.17, 15) is 23.6 Å². The van der Waals surface area contributed by atoms with E-state index in [1.165, 1.54) is 4.90 Å². The summed E-state index contributed by atoms with van der Waals surface area (Å²) >= 11 is 11.8. The first-order valence-electron chi connectivity index (χ1n) is 10.3. The molecule has 3 amide bonds.